The summed E-state index contributed by atoms with van der Waals surface area (Å²) in [6.07, 6.45) is 56.7. The number of rotatable bonds is 77. The van der Waals surface area contributed by atoms with Gasteiger partial charge in [-0.05, 0) is 43.4 Å². The third kappa shape index (κ3) is 71.1. The zero-order chi connectivity index (χ0) is 72.3. The Balaban J connectivity index is 5.26. The van der Waals surface area contributed by atoms with Gasteiger partial charge in [0.2, 0.25) is 0 Å². The van der Waals surface area contributed by atoms with Gasteiger partial charge in [0.1, 0.15) is 19.3 Å². The molecule has 0 aliphatic heterocycles. The molecule has 6 atom stereocenters. The van der Waals surface area contributed by atoms with Gasteiger partial charge in [0, 0.05) is 25.7 Å². The van der Waals surface area contributed by atoms with Gasteiger partial charge in [-0.25, -0.2) is 9.13 Å². The molecule has 0 bridgehead atoms. The van der Waals surface area contributed by atoms with Crippen LogP contribution in [0.2, 0.25) is 0 Å². The van der Waals surface area contributed by atoms with E-state index in [0.29, 0.717) is 25.7 Å². The second-order valence-electron chi connectivity index (χ2n) is 29.6. The second kappa shape index (κ2) is 69.4. The molecular formula is C79H154O17P2. The summed E-state index contributed by atoms with van der Waals surface area (Å²) in [6, 6.07) is 0. The van der Waals surface area contributed by atoms with Gasteiger partial charge >= 0.3 is 39.5 Å². The van der Waals surface area contributed by atoms with Crippen LogP contribution in [0.4, 0.5) is 0 Å². The van der Waals surface area contributed by atoms with Crippen LogP contribution in [0, 0.1) is 17.8 Å². The zero-order valence-corrected chi connectivity index (χ0v) is 66.0. The Morgan fingerprint density at radius 2 is 0.520 bits per heavy atom. The maximum Gasteiger partial charge on any atom is 0.472 e. The summed E-state index contributed by atoms with van der Waals surface area (Å²) in [6.45, 7) is 12.0. The Kier molecular flexibility index (Phi) is 68.1. The molecule has 0 spiro atoms. The average molecular weight is 1440 g/mol. The third-order valence-electron chi connectivity index (χ3n) is 18.7. The van der Waals surface area contributed by atoms with Crippen molar-refractivity contribution in [1.29, 1.82) is 0 Å². The zero-order valence-electron chi connectivity index (χ0n) is 64.3. The number of carbonyl (C=O) groups is 4. The van der Waals surface area contributed by atoms with Crippen LogP contribution in [0.15, 0.2) is 0 Å². The fourth-order valence-corrected chi connectivity index (χ4v) is 13.7. The Labute approximate surface area is 600 Å². The monoisotopic (exact) mass is 1440 g/mol. The van der Waals surface area contributed by atoms with E-state index >= 15 is 0 Å². The predicted molar refractivity (Wildman–Crippen MR) is 400 cm³/mol. The predicted octanol–water partition coefficient (Wildman–Crippen LogP) is 23.4. The highest BCUT2D eigenvalue weighted by Crippen LogP contribution is 2.45. The number of hydrogen-bond donors (Lipinski definition) is 3. The first-order valence-electron chi connectivity index (χ1n) is 40.9. The van der Waals surface area contributed by atoms with E-state index in [4.69, 9.17) is 37.0 Å². The van der Waals surface area contributed by atoms with Crippen molar-refractivity contribution in [3.63, 3.8) is 0 Å². The molecule has 0 radical (unpaired) electrons. The summed E-state index contributed by atoms with van der Waals surface area (Å²) < 4.78 is 68.7. The molecule has 0 saturated carbocycles. The van der Waals surface area contributed by atoms with Crippen molar-refractivity contribution in [2.45, 2.75) is 426 Å². The van der Waals surface area contributed by atoms with Crippen molar-refractivity contribution in [2.24, 2.45) is 17.8 Å². The number of carbonyl (C=O) groups excluding carboxylic acids is 4. The summed E-state index contributed by atoms with van der Waals surface area (Å²) in [5, 5.41) is 10.6. The lowest BCUT2D eigenvalue weighted by Crippen LogP contribution is -2.30. The van der Waals surface area contributed by atoms with Crippen LogP contribution >= 0.6 is 15.6 Å². The Bertz CT molecular complexity index is 1910. The van der Waals surface area contributed by atoms with E-state index < -0.39 is 97.5 Å². The van der Waals surface area contributed by atoms with E-state index in [1.54, 1.807) is 0 Å². The SMILES string of the molecule is CCCCCCCCCCCCCCCCC(=O)O[C@H](COC(=O)CCCCCCCCCCC(C)C)COP(=O)(O)OC[C@H](O)COP(=O)(O)OC[C@@H](COC(=O)CCCCCCCCCCCCCCC(C)C)OC(=O)CCCCCCCCCCCCCCCCC(C)CC. The van der Waals surface area contributed by atoms with Gasteiger partial charge < -0.3 is 33.8 Å². The van der Waals surface area contributed by atoms with Crippen LogP contribution in [-0.2, 0) is 65.4 Å². The van der Waals surface area contributed by atoms with E-state index in [1.807, 2.05) is 0 Å². The molecular weight excluding hydrogens is 1280 g/mol. The average Bonchev–Trinajstić information content (AvgIpc) is 1.24. The van der Waals surface area contributed by atoms with Gasteiger partial charge in [-0.1, -0.05) is 357 Å². The number of phosphoric ester groups is 2. The fourth-order valence-electron chi connectivity index (χ4n) is 12.1. The number of phosphoric acid groups is 2. The van der Waals surface area contributed by atoms with Crippen LogP contribution < -0.4 is 0 Å². The minimum atomic E-state index is -4.96. The van der Waals surface area contributed by atoms with Gasteiger partial charge in [-0.15, -0.1) is 0 Å². The smallest absolute Gasteiger partial charge is 0.462 e. The van der Waals surface area contributed by atoms with Gasteiger partial charge in [-0.3, -0.25) is 37.3 Å². The number of esters is 4. The first kappa shape index (κ1) is 96.1. The molecule has 0 saturated heterocycles. The quantitative estimate of drug-likeness (QED) is 0.0222. The van der Waals surface area contributed by atoms with Gasteiger partial charge in [-0.2, -0.15) is 0 Å². The number of unbranched alkanes of at least 4 members (excludes halogenated alkanes) is 44. The molecule has 17 nitrogen and oxygen atoms in total. The van der Waals surface area contributed by atoms with Crippen molar-refractivity contribution in [1.82, 2.24) is 0 Å². The van der Waals surface area contributed by atoms with Crippen molar-refractivity contribution < 1.29 is 80.2 Å². The molecule has 0 fully saturated rings. The molecule has 0 aliphatic carbocycles. The first-order valence-corrected chi connectivity index (χ1v) is 43.9. The van der Waals surface area contributed by atoms with Gasteiger partial charge in [0.15, 0.2) is 12.2 Å². The van der Waals surface area contributed by atoms with E-state index in [0.717, 1.165) is 108 Å². The maximum absolute atomic E-state index is 13.1. The minimum absolute atomic E-state index is 0.107. The van der Waals surface area contributed by atoms with Crippen molar-refractivity contribution in [3.05, 3.63) is 0 Å². The molecule has 0 aromatic rings. The standard InChI is InChI=1S/C79H154O17P2/c1-8-10-11-12-13-14-15-16-20-27-32-41-48-55-62-78(83)96-75(67-90-77(82)61-54-47-40-35-34-37-44-51-58-71(5)6)69-94-98(87,88)92-65-73(80)64-91-97(85,86)93-68-74(66-89-76(81)60-53-46-39-31-26-23-22-24-29-36-43-50-57-70(3)4)95-79(84)63-56-49-42-33-28-21-18-17-19-25-30-38-45-52-59-72(7)9-2/h70-75,80H,8-69H2,1-7H3,(H,85,86)(H,87,88)/t72?,73-,74-,75-/m1/s1. The lowest BCUT2D eigenvalue weighted by atomic mass is 9.99. The molecule has 0 aromatic carbocycles. The summed E-state index contributed by atoms with van der Waals surface area (Å²) >= 11 is 0. The molecule has 0 amide bonds. The summed E-state index contributed by atoms with van der Waals surface area (Å²) in [5.74, 6) is 0.242. The topological polar surface area (TPSA) is 237 Å². The third-order valence-corrected chi connectivity index (χ3v) is 20.6. The lowest BCUT2D eigenvalue weighted by molar-refractivity contribution is -0.161. The van der Waals surface area contributed by atoms with Crippen LogP contribution in [0.3, 0.4) is 0 Å². The first-order chi connectivity index (χ1) is 47.3. The van der Waals surface area contributed by atoms with E-state index in [9.17, 15) is 43.2 Å². The molecule has 19 heteroatoms. The van der Waals surface area contributed by atoms with Crippen molar-refractivity contribution in [3.8, 4) is 0 Å². The van der Waals surface area contributed by atoms with Gasteiger partial charge in [0.05, 0.1) is 26.4 Å². The molecule has 3 N–H and O–H groups in total. The van der Waals surface area contributed by atoms with Gasteiger partial charge in [0.25, 0.3) is 0 Å². The molecule has 3 unspecified atom stereocenters. The molecule has 0 heterocycles. The number of aliphatic hydroxyl groups is 1. The van der Waals surface area contributed by atoms with Crippen LogP contribution in [0.1, 0.15) is 408 Å². The summed E-state index contributed by atoms with van der Waals surface area (Å²) in [5.41, 5.74) is 0. The molecule has 582 valence electrons. The maximum atomic E-state index is 13.1. The summed E-state index contributed by atoms with van der Waals surface area (Å²) in [7, 11) is -9.92. The Morgan fingerprint density at radius 3 is 0.776 bits per heavy atom. The molecule has 0 aromatic heterocycles. The van der Waals surface area contributed by atoms with Crippen LogP contribution in [0.5, 0.6) is 0 Å². The normalized spacial score (nSPS) is 14.3. The van der Waals surface area contributed by atoms with E-state index in [1.165, 1.54) is 218 Å². The number of hydrogen-bond acceptors (Lipinski definition) is 15. The van der Waals surface area contributed by atoms with Crippen LogP contribution in [0.25, 0.3) is 0 Å². The van der Waals surface area contributed by atoms with Crippen molar-refractivity contribution in [2.75, 3.05) is 39.6 Å². The van der Waals surface area contributed by atoms with E-state index in [2.05, 4.69) is 48.5 Å². The Hall–Kier alpha value is -1.94. The Morgan fingerprint density at radius 1 is 0.296 bits per heavy atom. The highest BCUT2D eigenvalue weighted by Gasteiger charge is 2.30. The minimum Gasteiger partial charge on any atom is -0.462 e. The summed E-state index contributed by atoms with van der Waals surface area (Å²) in [4.78, 5) is 73.0. The fraction of sp³-hybridized carbons (Fsp3) is 0.949. The second-order valence-corrected chi connectivity index (χ2v) is 32.6. The lowest BCUT2D eigenvalue weighted by Gasteiger charge is -2.21. The molecule has 98 heavy (non-hydrogen) atoms. The number of ether oxygens (including phenoxy) is 4. The van der Waals surface area contributed by atoms with Crippen LogP contribution in [-0.4, -0.2) is 96.7 Å². The highest BCUT2D eigenvalue weighted by atomic mass is 31.2. The molecule has 0 rings (SSSR count). The largest absolute Gasteiger partial charge is 0.472 e. The highest BCUT2D eigenvalue weighted by molar-refractivity contribution is 7.47. The molecule has 0 aliphatic rings. The number of aliphatic hydroxyl groups excluding tert-OH is 1. The van der Waals surface area contributed by atoms with Crippen molar-refractivity contribution >= 4 is 39.5 Å². The van der Waals surface area contributed by atoms with E-state index in [-0.39, 0.29) is 25.7 Å².